The van der Waals surface area contributed by atoms with E-state index in [0.29, 0.717) is 6.42 Å². The maximum atomic E-state index is 11.8. The van der Waals surface area contributed by atoms with Crippen LogP contribution in [0.3, 0.4) is 0 Å². The van der Waals surface area contributed by atoms with Crippen LogP contribution in [-0.4, -0.2) is 54.0 Å². The van der Waals surface area contributed by atoms with Gasteiger partial charge in [0.25, 0.3) is 0 Å². The van der Waals surface area contributed by atoms with Crippen LogP contribution in [0.1, 0.15) is 32.6 Å². The highest BCUT2D eigenvalue weighted by Crippen LogP contribution is 2.25. The third kappa shape index (κ3) is 4.57. The van der Waals surface area contributed by atoms with E-state index in [1.54, 1.807) is 0 Å². The maximum absolute atomic E-state index is 11.8. The van der Waals surface area contributed by atoms with Gasteiger partial charge in [0, 0.05) is 44.7 Å². The summed E-state index contributed by atoms with van der Waals surface area (Å²) >= 11 is 0. The molecule has 1 aliphatic carbocycles. The van der Waals surface area contributed by atoms with Gasteiger partial charge in [0.1, 0.15) is 0 Å². The second-order valence-corrected chi connectivity index (χ2v) is 5.18. The van der Waals surface area contributed by atoms with Crippen molar-refractivity contribution >= 4 is 30.7 Å². The van der Waals surface area contributed by atoms with Crippen LogP contribution < -0.4 is 5.73 Å². The summed E-state index contributed by atoms with van der Waals surface area (Å²) in [5.74, 6) is 0.225. The Balaban J connectivity index is 0.00000144. The first-order valence-electron chi connectivity index (χ1n) is 6.44. The third-order valence-electron chi connectivity index (χ3n) is 3.75. The second-order valence-electron chi connectivity index (χ2n) is 5.18. The van der Waals surface area contributed by atoms with Crippen LogP contribution >= 0.6 is 24.8 Å². The van der Waals surface area contributed by atoms with Crippen molar-refractivity contribution in [3.8, 4) is 0 Å². The predicted octanol–water partition coefficient (Wildman–Crippen LogP) is 1.26. The molecule has 0 bridgehead atoms. The Morgan fingerprint density at radius 1 is 1.22 bits per heavy atom. The molecule has 1 unspecified atom stereocenters. The van der Waals surface area contributed by atoms with Gasteiger partial charge in [0.15, 0.2) is 0 Å². The Labute approximate surface area is 122 Å². The van der Waals surface area contributed by atoms with Gasteiger partial charge in [-0.1, -0.05) is 6.42 Å². The van der Waals surface area contributed by atoms with Gasteiger partial charge >= 0.3 is 0 Å². The fourth-order valence-corrected chi connectivity index (χ4v) is 2.49. The van der Waals surface area contributed by atoms with Crippen LogP contribution in [0.25, 0.3) is 0 Å². The van der Waals surface area contributed by atoms with E-state index in [4.69, 9.17) is 5.73 Å². The fourth-order valence-electron chi connectivity index (χ4n) is 2.49. The molecule has 2 fully saturated rings. The zero-order chi connectivity index (χ0) is 11.5. The molecule has 0 aromatic heterocycles. The van der Waals surface area contributed by atoms with E-state index in [9.17, 15) is 4.79 Å². The molecule has 1 saturated heterocycles. The number of hydrogen-bond donors (Lipinski definition) is 1. The minimum Gasteiger partial charge on any atom is -0.340 e. The topological polar surface area (TPSA) is 49.6 Å². The number of piperazine rings is 1. The lowest BCUT2D eigenvalue weighted by atomic mass is 9.91. The lowest BCUT2D eigenvalue weighted by Crippen LogP contribution is -2.53. The van der Waals surface area contributed by atoms with Gasteiger partial charge in [-0.2, -0.15) is 0 Å². The summed E-state index contributed by atoms with van der Waals surface area (Å²) < 4.78 is 0. The summed E-state index contributed by atoms with van der Waals surface area (Å²) in [5, 5.41) is 0. The largest absolute Gasteiger partial charge is 0.340 e. The first kappa shape index (κ1) is 18.0. The quantitative estimate of drug-likeness (QED) is 0.853. The monoisotopic (exact) mass is 297 g/mol. The molecule has 0 aromatic rings. The average Bonchev–Trinajstić information content (AvgIpc) is 2.15. The van der Waals surface area contributed by atoms with Gasteiger partial charge in [0.05, 0.1) is 0 Å². The van der Waals surface area contributed by atoms with Crippen LogP contribution in [-0.2, 0) is 4.79 Å². The Morgan fingerprint density at radius 2 is 1.78 bits per heavy atom. The van der Waals surface area contributed by atoms with Gasteiger partial charge in [-0.3, -0.25) is 9.69 Å². The van der Waals surface area contributed by atoms with Crippen LogP contribution in [0.2, 0.25) is 0 Å². The van der Waals surface area contributed by atoms with Crippen molar-refractivity contribution in [3.63, 3.8) is 0 Å². The fraction of sp³-hybridized carbons (Fsp3) is 0.917. The first-order chi connectivity index (χ1) is 7.66. The van der Waals surface area contributed by atoms with E-state index in [2.05, 4.69) is 4.90 Å². The SMILES string of the molecule is CC(N)CC(=O)N1CCN(C2CCC2)CC1.Cl.Cl. The van der Waals surface area contributed by atoms with Crippen molar-refractivity contribution in [2.75, 3.05) is 26.2 Å². The maximum Gasteiger partial charge on any atom is 0.224 e. The van der Waals surface area contributed by atoms with Crippen molar-refractivity contribution in [2.45, 2.75) is 44.7 Å². The van der Waals surface area contributed by atoms with Crippen molar-refractivity contribution in [1.29, 1.82) is 0 Å². The molecular formula is C12H25Cl2N3O. The molecule has 4 nitrogen and oxygen atoms in total. The van der Waals surface area contributed by atoms with Crippen LogP contribution in [0.4, 0.5) is 0 Å². The lowest BCUT2D eigenvalue weighted by molar-refractivity contribution is -0.133. The number of halogens is 2. The minimum absolute atomic E-state index is 0. The number of nitrogens with two attached hydrogens (primary N) is 1. The van der Waals surface area contributed by atoms with E-state index in [0.717, 1.165) is 32.2 Å². The molecule has 0 radical (unpaired) electrons. The number of carbonyl (C=O) groups is 1. The number of nitrogens with zero attached hydrogens (tertiary/aromatic N) is 2. The van der Waals surface area contributed by atoms with Gasteiger partial charge < -0.3 is 10.6 Å². The van der Waals surface area contributed by atoms with Crippen LogP contribution in [0, 0.1) is 0 Å². The summed E-state index contributed by atoms with van der Waals surface area (Å²) in [4.78, 5) is 16.3. The van der Waals surface area contributed by atoms with Gasteiger partial charge in [-0.25, -0.2) is 0 Å². The number of hydrogen-bond acceptors (Lipinski definition) is 3. The highest BCUT2D eigenvalue weighted by molar-refractivity contribution is 5.85. The zero-order valence-electron chi connectivity index (χ0n) is 11.0. The number of rotatable bonds is 3. The van der Waals surface area contributed by atoms with E-state index in [-0.39, 0.29) is 36.8 Å². The molecule has 0 aromatic carbocycles. The van der Waals surface area contributed by atoms with Gasteiger partial charge in [0.2, 0.25) is 5.91 Å². The molecule has 2 aliphatic rings. The Morgan fingerprint density at radius 3 is 2.17 bits per heavy atom. The molecule has 1 atom stereocenters. The molecule has 1 saturated carbocycles. The molecule has 108 valence electrons. The van der Waals surface area contributed by atoms with Gasteiger partial charge in [-0.05, 0) is 19.8 Å². The van der Waals surface area contributed by atoms with Crippen molar-refractivity contribution < 1.29 is 4.79 Å². The summed E-state index contributed by atoms with van der Waals surface area (Å²) in [5.41, 5.74) is 5.65. The normalized spacial score (nSPS) is 22.4. The average molecular weight is 298 g/mol. The van der Waals surface area contributed by atoms with Gasteiger partial charge in [-0.15, -0.1) is 24.8 Å². The van der Waals surface area contributed by atoms with Crippen molar-refractivity contribution in [3.05, 3.63) is 0 Å². The smallest absolute Gasteiger partial charge is 0.224 e. The van der Waals surface area contributed by atoms with Crippen molar-refractivity contribution in [2.24, 2.45) is 5.73 Å². The van der Waals surface area contributed by atoms with E-state index >= 15 is 0 Å². The molecule has 2 N–H and O–H groups in total. The molecule has 1 heterocycles. The van der Waals surface area contributed by atoms with E-state index in [1.807, 2.05) is 11.8 Å². The van der Waals surface area contributed by atoms with E-state index in [1.165, 1.54) is 19.3 Å². The molecule has 1 aliphatic heterocycles. The Hall–Kier alpha value is -0.0300. The number of amides is 1. The molecule has 6 heteroatoms. The standard InChI is InChI=1S/C12H23N3O.2ClH/c1-10(13)9-12(16)15-7-5-14(6-8-15)11-3-2-4-11;;/h10-11H,2-9,13H2,1H3;2*1H. The van der Waals surface area contributed by atoms with E-state index < -0.39 is 0 Å². The summed E-state index contributed by atoms with van der Waals surface area (Å²) in [6, 6.07) is 0.794. The highest BCUT2D eigenvalue weighted by Gasteiger charge is 2.29. The summed E-state index contributed by atoms with van der Waals surface area (Å²) in [7, 11) is 0. The summed E-state index contributed by atoms with van der Waals surface area (Å²) in [6.45, 7) is 5.78. The Kier molecular flexibility index (Phi) is 8.19. The van der Waals surface area contributed by atoms with Crippen molar-refractivity contribution in [1.82, 2.24) is 9.80 Å². The Bertz CT molecular complexity index is 252. The molecule has 18 heavy (non-hydrogen) atoms. The molecular weight excluding hydrogens is 273 g/mol. The predicted molar refractivity (Wildman–Crippen MR) is 78.6 cm³/mol. The summed E-state index contributed by atoms with van der Waals surface area (Å²) in [6.07, 6.45) is 4.58. The minimum atomic E-state index is -0.0165. The third-order valence-corrected chi connectivity index (χ3v) is 3.75. The second kappa shape index (κ2) is 8.20. The molecule has 1 amide bonds. The lowest BCUT2D eigenvalue weighted by Gasteiger charge is -2.43. The van der Waals surface area contributed by atoms with Crippen LogP contribution in [0.15, 0.2) is 0 Å². The highest BCUT2D eigenvalue weighted by atomic mass is 35.5. The molecule has 2 rings (SSSR count). The zero-order valence-corrected chi connectivity index (χ0v) is 12.6. The van der Waals surface area contributed by atoms with Crippen LogP contribution in [0.5, 0.6) is 0 Å². The first-order valence-corrected chi connectivity index (χ1v) is 6.44. The number of carbonyl (C=O) groups excluding carboxylic acids is 1. The molecule has 0 spiro atoms.